The Labute approximate surface area is 84.2 Å². The predicted molar refractivity (Wildman–Crippen MR) is 54.4 cm³/mol. The van der Waals surface area contributed by atoms with E-state index >= 15 is 0 Å². The Kier molecular flexibility index (Phi) is 1.40. The third-order valence-electron chi connectivity index (χ3n) is 2.53. The van der Waals surface area contributed by atoms with Crippen molar-refractivity contribution in [2.24, 2.45) is 0 Å². The minimum Gasteiger partial charge on any atom is -0.463 e. The van der Waals surface area contributed by atoms with E-state index in [1.165, 1.54) is 0 Å². The van der Waals surface area contributed by atoms with Gasteiger partial charge < -0.3 is 4.74 Å². The van der Waals surface area contributed by atoms with Crippen molar-refractivity contribution >= 4 is 23.4 Å². The summed E-state index contributed by atoms with van der Waals surface area (Å²) in [5, 5.41) is 0.0886. The van der Waals surface area contributed by atoms with E-state index in [9.17, 15) is 4.21 Å². The van der Waals surface area contributed by atoms with Crippen LogP contribution in [0.4, 0.5) is 0 Å². The fourth-order valence-electron chi connectivity index (χ4n) is 1.71. The van der Waals surface area contributed by atoms with Crippen LogP contribution >= 0.6 is 12.6 Å². The first-order valence-corrected chi connectivity index (χ1v) is 5.78. The quantitative estimate of drug-likeness (QED) is 0.519. The van der Waals surface area contributed by atoms with Crippen molar-refractivity contribution in [2.75, 3.05) is 0 Å². The lowest BCUT2D eigenvalue weighted by atomic mass is 10.1. The van der Waals surface area contributed by atoms with E-state index < -0.39 is 15.1 Å². The Morgan fingerprint density at radius 3 is 3.15 bits per heavy atom. The third kappa shape index (κ3) is 0.929. The van der Waals surface area contributed by atoms with Gasteiger partial charge in [0.25, 0.3) is 0 Å². The molecule has 13 heavy (non-hydrogen) atoms. The molecule has 2 aliphatic heterocycles. The third-order valence-corrected chi connectivity index (χ3v) is 5.35. The van der Waals surface area contributed by atoms with Crippen LogP contribution in [0, 0.1) is 0 Å². The average Bonchev–Trinajstić information content (AvgIpc) is 2.65. The zero-order chi connectivity index (χ0) is 9.05. The molecule has 1 aromatic rings. The molecule has 2 aliphatic rings. The highest BCUT2D eigenvalue weighted by atomic mass is 32.2. The maximum Gasteiger partial charge on any atom is 0.242 e. The highest BCUT2D eigenvalue weighted by Gasteiger charge is 2.66. The van der Waals surface area contributed by atoms with Gasteiger partial charge in [-0.05, 0) is 18.1 Å². The highest BCUT2D eigenvalue weighted by molar-refractivity contribution is 8.10. The Bertz CT molecular complexity index is 404. The summed E-state index contributed by atoms with van der Waals surface area (Å²) in [7, 11) is -0.924. The molecule has 0 aliphatic carbocycles. The summed E-state index contributed by atoms with van der Waals surface area (Å²) in [5.74, 6) is 0.833. The fraction of sp³-hybridized carbons (Fsp3) is 0.333. The lowest BCUT2D eigenvalue weighted by Crippen LogP contribution is -2.22. The minimum absolute atomic E-state index is 0.0886. The van der Waals surface area contributed by atoms with Crippen molar-refractivity contribution < 1.29 is 8.95 Å². The number of hydrogen-bond donors (Lipinski definition) is 1. The maximum absolute atomic E-state index is 11.4. The molecule has 3 unspecified atom stereocenters. The van der Waals surface area contributed by atoms with Crippen molar-refractivity contribution in [1.29, 1.82) is 0 Å². The van der Waals surface area contributed by atoms with Gasteiger partial charge in [0.1, 0.15) is 11.0 Å². The second-order valence-corrected chi connectivity index (χ2v) is 6.07. The molecular formula is C9H8O2S2. The van der Waals surface area contributed by atoms with E-state index in [0.717, 1.165) is 17.7 Å². The van der Waals surface area contributed by atoms with Crippen LogP contribution in [0.15, 0.2) is 24.3 Å². The first-order chi connectivity index (χ1) is 6.22. The lowest BCUT2D eigenvalue weighted by Gasteiger charge is -2.19. The lowest BCUT2D eigenvalue weighted by molar-refractivity contribution is 0.267. The van der Waals surface area contributed by atoms with Gasteiger partial charge >= 0.3 is 0 Å². The molecule has 3 rings (SSSR count). The van der Waals surface area contributed by atoms with E-state index in [1.807, 2.05) is 24.3 Å². The minimum atomic E-state index is -0.924. The Morgan fingerprint density at radius 1 is 1.54 bits per heavy atom. The summed E-state index contributed by atoms with van der Waals surface area (Å²) in [4.78, 5) is 0. The van der Waals surface area contributed by atoms with Crippen molar-refractivity contribution in [1.82, 2.24) is 0 Å². The summed E-state index contributed by atoms with van der Waals surface area (Å²) in [5.41, 5.74) is 1.14. The number of para-hydroxylation sites is 1. The molecule has 1 fully saturated rings. The summed E-state index contributed by atoms with van der Waals surface area (Å²) in [6.07, 6.45) is 0.826. The molecule has 0 aromatic heterocycles. The van der Waals surface area contributed by atoms with Crippen LogP contribution in [0.3, 0.4) is 0 Å². The monoisotopic (exact) mass is 212 g/mol. The topological polar surface area (TPSA) is 26.3 Å². The molecule has 0 bridgehead atoms. The zero-order valence-electron chi connectivity index (χ0n) is 6.77. The van der Waals surface area contributed by atoms with Gasteiger partial charge in [0.15, 0.2) is 0 Å². The van der Waals surface area contributed by atoms with Crippen molar-refractivity contribution in [3.8, 4) is 5.75 Å². The normalized spacial score (nSPS) is 40.1. The molecule has 2 nitrogen and oxygen atoms in total. The Morgan fingerprint density at radius 2 is 2.31 bits per heavy atom. The van der Waals surface area contributed by atoms with E-state index in [1.54, 1.807) is 0 Å². The number of fused-ring (bicyclic) bond motifs is 2. The van der Waals surface area contributed by atoms with Gasteiger partial charge in [0, 0.05) is 0 Å². The van der Waals surface area contributed by atoms with Gasteiger partial charge in [0.2, 0.25) is 4.27 Å². The van der Waals surface area contributed by atoms with Crippen LogP contribution in [0.25, 0.3) is 0 Å². The molecule has 2 heterocycles. The molecule has 0 saturated carbocycles. The van der Waals surface area contributed by atoms with Gasteiger partial charge in [-0.1, -0.05) is 18.2 Å². The zero-order valence-corrected chi connectivity index (χ0v) is 8.48. The molecule has 1 aromatic carbocycles. The molecule has 3 atom stereocenters. The summed E-state index contributed by atoms with van der Waals surface area (Å²) in [6, 6.07) is 7.80. The highest BCUT2D eigenvalue weighted by Crippen LogP contribution is 2.52. The Balaban J connectivity index is 2.08. The van der Waals surface area contributed by atoms with Crippen LogP contribution in [0.2, 0.25) is 0 Å². The van der Waals surface area contributed by atoms with Crippen LogP contribution in [0.1, 0.15) is 5.56 Å². The standard InChI is InChI=1S/C9H8O2S2/c10-13-8-5-6-3-1-2-4-7(6)11-9(8,13)12/h1-4,8,12H,5H2. The molecule has 0 N–H and O–H groups in total. The maximum atomic E-state index is 11.4. The number of rotatable bonds is 0. The number of ether oxygens (including phenoxy) is 1. The first kappa shape index (κ1) is 7.88. The van der Waals surface area contributed by atoms with E-state index in [0.29, 0.717) is 0 Å². The number of hydrogen-bond acceptors (Lipinski definition) is 3. The fourth-order valence-corrected chi connectivity index (χ4v) is 3.69. The molecular weight excluding hydrogens is 204 g/mol. The van der Waals surface area contributed by atoms with Crippen LogP contribution < -0.4 is 4.74 Å². The molecule has 68 valence electrons. The van der Waals surface area contributed by atoms with Gasteiger partial charge in [0.05, 0.1) is 10.8 Å². The van der Waals surface area contributed by atoms with Crippen LogP contribution in [-0.4, -0.2) is 13.7 Å². The van der Waals surface area contributed by atoms with Gasteiger partial charge in [-0.15, -0.1) is 12.6 Å². The Hall–Kier alpha value is -0.480. The van der Waals surface area contributed by atoms with E-state index in [-0.39, 0.29) is 5.25 Å². The van der Waals surface area contributed by atoms with Crippen molar-refractivity contribution in [2.45, 2.75) is 15.9 Å². The van der Waals surface area contributed by atoms with Gasteiger partial charge in [-0.3, -0.25) is 4.21 Å². The largest absolute Gasteiger partial charge is 0.463 e. The molecule has 0 spiro atoms. The van der Waals surface area contributed by atoms with Gasteiger partial charge in [-0.25, -0.2) is 0 Å². The number of thiol groups is 1. The van der Waals surface area contributed by atoms with E-state index in [2.05, 4.69) is 12.6 Å². The second kappa shape index (κ2) is 2.30. The van der Waals surface area contributed by atoms with Crippen molar-refractivity contribution in [3.63, 3.8) is 0 Å². The summed E-state index contributed by atoms with van der Waals surface area (Å²) < 4.78 is 16.3. The average molecular weight is 212 g/mol. The molecule has 0 amide bonds. The second-order valence-electron chi connectivity index (χ2n) is 3.33. The number of benzene rings is 1. The summed E-state index contributed by atoms with van der Waals surface area (Å²) >= 11 is 4.29. The predicted octanol–water partition coefficient (Wildman–Crippen LogP) is 1.34. The van der Waals surface area contributed by atoms with Crippen LogP contribution in [0.5, 0.6) is 5.75 Å². The molecule has 4 heteroatoms. The molecule has 0 radical (unpaired) electrons. The first-order valence-electron chi connectivity index (χ1n) is 4.12. The van der Waals surface area contributed by atoms with Crippen LogP contribution in [-0.2, 0) is 17.2 Å². The smallest absolute Gasteiger partial charge is 0.242 e. The SMILES string of the molecule is O=S1C2Cc3ccccc3OC21S. The van der Waals surface area contributed by atoms with Gasteiger partial charge in [-0.2, -0.15) is 0 Å². The van der Waals surface area contributed by atoms with Crippen molar-refractivity contribution in [3.05, 3.63) is 29.8 Å². The molecule has 1 saturated heterocycles. The van der Waals surface area contributed by atoms with E-state index in [4.69, 9.17) is 4.74 Å². The summed E-state index contributed by atoms with van der Waals surface area (Å²) in [6.45, 7) is 0.